The smallest absolute Gasteiger partial charge is 0.251 e. The van der Waals surface area contributed by atoms with Crippen LogP contribution in [0.1, 0.15) is 46.0 Å². The molecule has 0 saturated carbocycles. The van der Waals surface area contributed by atoms with Crippen LogP contribution in [0.4, 0.5) is 0 Å². The van der Waals surface area contributed by atoms with Crippen LogP contribution < -0.4 is 15.4 Å². The van der Waals surface area contributed by atoms with Gasteiger partial charge in [-0.1, -0.05) is 12.1 Å². The molecule has 27 heavy (non-hydrogen) atoms. The first-order chi connectivity index (χ1) is 13.0. The van der Waals surface area contributed by atoms with E-state index in [1.54, 1.807) is 43.4 Å². The van der Waals surface area contributed by atoms with Crippen molar-refractivity contribution in [1.82, 2.24) is 10.6 Å². The Balaban J connectivity index is 1.66. The third-order valence-electron chi connectivity index (χ3n) is 4.01. The number of hydrogen-bond donors (Lipinski definition) is 2. The van der Waals surface area contributed by atoms with Gasteiger partial charge in [-0.05, 0) is 55.3 Å². The molecule has 2 amide bonds. The van der Waals surface area contributed by atoms with E-state index in [4.69, 9.17) is 4.74 Å². The fourth-order valence-corrected chi connectivity index (χ4v) is 2.42. The molecule has 0 radical (unpaired) electrons. The molecule has 0 spiro atoms. The first-order valence-electron chi connectivity index (χ1n) is 8.81. The maximum Gasteiger partial charge on any atom is 0.251 e. The number of nitrogens with one attached hydrogen (secondary N) is 2. The van der Waals surface area contributed by atoms with E-state index in [2.05, 4.69) is 10.6 Å². The largest absolute Gasteiger partial charge is 0.494 e. The standard InChI is InChI=1S/C21H24N2O4/c1-15(24)17-9-11-19(12-10-17)27-13-3-4-20(25)23-14-16-5-7-18(8-6-16)21(26)22-2/h5-12H,3-4,13-14H2,1-2H3,(H,22,26)(H,23,25). The zero-order valence-corrected chi connectivity index (χ0v) is 15.6. The van der Waals surface area contributed by atoms with Crippen LogP contribution in [0.15, 0.2) is 48.5 Å². The summed E-state index contributed by atoms with van der Waals surface area (Å²) in [5, 5.41) is 5.41. The molecule has 0 bridgehead atoms. The lowest BCUT2D eigenvalue weighted by atomic mass is 10.1. The zero-order chi connectivity index (χ0) is 19.6. The molecule has 142 valence electrons. The average molecular weight is 368 g/mol. The molecule has 2 aromatic rings. The van der Waals surface area contributed by atoms with Crippen molar-refractivity contribution in [3.8, 4) is 5.75 Å². The number of ketones is 1. The van der Waals surface area contributed by atoms with Gasteiger partial charge in [-0.3, -0.25) is 14.4 Å². The molecular formula is C21H24N2O4. The lowest BCUT2D eigenvalue weighted by molar-refractivity contribution is -0.121. The van der Waals surface area contributed by atoms with Crippen LogP contribution in [-0.4, -0.2) is 31.3 Å². The van der Waals surface area contributed by atoms with Crippen molar-refractivity contribution in [3.63, 3.8) is 0 Å². The Morgan fingerprint density at radius 2 is 1.56 bits per heavy atom. The van der Waals surface area contributed by atoms with Gasteiger partial charge in [-0.2, -0.15) is 0 Å². The molecule has 6 heteroatoms. The quantitative estimate of drug-likeness (QED) is 0.526. The highest BCUT2D eigenvalue weighted by atomic mass is 16.5. The van der Waals surface area contributed by atoms with Gasteiger partial charge in [-0.25, -0.2) is 0 Å². The second kappa shape index (κ2) is 10.1. The van der Waals surface area contributed by atoms with E-state index in [1.807, 2.05) is 12.1 Å². The summed E-state index contributed by atoms with van der Waals surface area (Å²) in [6.07, 6.45) is 0.956. The van der Waals surface area contributed by atoms with Crippen LogP contribution in [-0.2, 0) is 11.3 Å². The normalized spacial score (nSPS) is 10.1. The Bertz CT molecular complexity index is 783. The van der Waals surface area contributed by atoms with Crippen molar-refractivity contribution in [1.29, 1.82) is 0 Å². The summed E-state index contributed by atoms with van der Waals surface area (Å²) in [7, 11) is 1.58. The number of carbonyl (C=O) groups excluding carboxylic acids is 3. The van der Waals surface area contributed by atoms with E-state index in [0.29, 0.717) is 42.9 Å². The van der Waals surface area contributed by atoms with Crippen molar-refractivity contribution >= 4 is 17.6 Å². The molecular weight excluding hydrogens is 344 g/mol. The SMILES string of the molecule is CNC(=O)c1ccc(CNC(=O)CCCOc2ccc(C(C)=O)cc2)cc1. The van der Waals surface area contributed by atoms with E-state index in [9.17, 15) is 14.4 Å². The van der Waals surface area contributed by atoms with Crippen molar-refractivity contribution in [2.45, 2.75) is 26.3 Å². The van der Waals surface area contributed by atoms with Crippen LogP contribution in [0.3, 0.4) is 0 Å². The van der Waals surface area contributed by atoms with Gasteiger partial charge in [0.25, 0.3) is 5.91 Å². The Kier molecular flexibility index (Phi) is 7.55. The van der Waals surface area contributed by atoms with Gasteiger partial charge in [0.15, 0.2) is 5.78 Å². The minimum atomic E-state index is -0.137. The predicted octanol–water partition coefficient (Wildman–Crippen LogP) is 2.72. The van der Waals surface area contributed by atoms with Crippen LogP contribution in [0, 0.1) is 0 Å². The van der Waals surface area contributed by atoms with E-state index >= 15 is 0 Å². The number of carbonyl (C=O) groups is 3. The molecule has 0 unspecified atom stereocenters. The molecule has 0 aromatic heterocycles. The molecule has 0 aliphatic carbocycles. The molecule has 6 nitrogen and oxygen atoms in total. The lowest BCUT2D eigenvalue weighted by Crippen LogP contribution is -2.23. The second-order valence-corrected chi connectivity index (χ2v) is 6.09. The van der Waals surface area contributed by atoms with E-state index in [-0.39, 0.29) is 17.6 Å². The fraction of sp³-hybridized carbons (Fsp3) is 0.286. The van der Waals surface area contributed by atoms with E-state index < -0.39 is 0 Å². The van der Waals surface area contributed by atoms with E-state index in [1.165, 1.54) is 6.92 Å². The summed E-state index contributed by atoms with van der Waals surface area (Å²) in [5.41, 5.74) is 2.16. The summed E-state index contributed by atoms with van der Waals surface area (Å²) >= 11 is 0. The maximum absolute atomic E-state index is 11.9. The second-order valence-electron chi connectivity index (χ2n) is 6.09. The summed E-state index contributed by atoms with van der Waals surface area (Å²) in [5.74, 6) is 0.500. The molecule has 0 heterocycles. The highest BCUT2D eigenvalue weighted by molar-refractivity contribution is 5.94. The van der Waals surface area contributed by atoms with Crippen LogP contribution in [0.25, 0.3) is 0 Å². The van der Waals surface area contributed by atoms with Gasteiger partial charge < -0.3 is 15.4 Å². The highest BCUT2D eigenvalue weighted by Gasteiger charge is 2.05. The molecule has 0 fully saturated rings. The average Bonchev–Trinajstić information content (AvgIpc) is 2.69. The number of rotatable bonds is 9. The maximum atomic E-state index is 11.9. The molecule has 0 aliphatic rings. The van der Waals surface area contributed by atoms with Crippen molar-refractivity contribution in [2.75, 3.05) is 13.7 Å². The van der Waals surface area contributed by atoms with Gasteiger partial charge in [0, 0.05) is 31.1 Å². The highest BCUT2D eigenvalue weighted by Crippen LogP contribution is 2.13. The Morgan fingerprint density at radius 1 is 0.926 bits per heavy atom. The van der Waals surface area contributed by atoms with Gasteiger partial charge in [0.05, 0.1) is 6.61 Å². The summed E-state index contributed by atoms with van der Waals surface area (Å²) in [6, 6.07) is 14.0. The summed E-state index contributed by atoms with van der Waals surface area (Å²) in [4.78, 5) is 34.6. The molecule has 2 aromatic carbocycles. The molecule has 2 rings (SSSR count). The van der Waals surface area contributed by atoms with Gasteiger partial charge in [-0.15, -0.1) is 0 Å². The number of ether oxygens (including phenoxy) is 1. The topological polar surface area (TPSA) is 84.5 Å². The third-order valence-corrected chi connectivity index (χ3v) is 4.01. The van der Waals surface area contributed by atoms with Gasteiger partial charge in [0.1, 0.15) is 5.75 Å². The van der Waals surface area contributed by atoms with Crippen molar-refractivity contribution in [3.05, 3.63) is 65.2 Å². The monoisotopic (exact) mass is 368 g/mol. The fourth-order valence-electron chi connectivity index (χ4n) is 2.42. The zero-order valence-electron chi connectivity index (χ0n) is 15.6. The van der Waals surface area contributed by atoms with E-state index in [0.717, 1.165) is 5.56 Å². The minimum Gasteiger partial charge on any atom is -0.494 e. The first-order valence-corrected chi connectivity index (χ1v) is 8.81. The molecule has 0 aliphatic heterocycles. The number of amides is 2. The Hall–Kier alpha value is -3.15. The third kappa shape index (κ3) is 6.58. The lowest BCUT2D eigenvalue weighted by Gasteiger charge is -2.08. The Labute approximate surface area is 158 Å². The van der Waals surface area contributed by atoms with Crippen molar-refractivity contribution < 1.29 is 19.1 Å². The summed E-state index contributed by atoms with van der Waals surface area (Å²) < 4.78 is 5.57. The number of hydrogen-bond acceptors (Lipinski definition) is 4. The van der Waals surface area contributed by atoms with Crippen LogP contribution in [0.5, 0.6) is 5.75 Å². The van der Waals surface area contributed by atoms with Crippen LogP contribution >= 0.6 is 0 Å². The van der Waals surface area contributed by atoms with Gasteiger partial charge >= 0.3 is 0 Å². The van der Waals surface area contributed by atoms with Crippen LogP contribution in [0.2, 0.25) is 0 Å². The molecule has 0 saturated heterocycles. The predicted molar refractivity (Wildman–Crippen MR) is 103 cm³/mol. The first kappa shape index (κ1) is 20.2. The number of Topliss-reactive ketones (excluding diaryl/α,β-unsaturated/α-hetero) is 1. The van der Waals surface area contributed by atoms with Gasteiger partial charge in [0.2, 0.25) is 5.91 Å². The molecule has 0 atom stereocenters. The number of benzene rings is 2. The van der Waals surface area contributed by atoms with Crippen molar-refractivity contribution in [2.24, 2.45) is 0 Å². The molecule has 2 N–H and O–H groups in total. The minimum absolute atomic E-state index is 0.0153. The Morgan fingerprint density at radius 3 is 2.15 bits per heavy atom. The summed E-state index contributed by atoms with van der Waals surface area (Å²) in [6.45, 7) is 2.36.